The minimum atomic E-state index is 0.248. The molecule has 0 aromatic carbocycles. The van der Waals surface area contributed by atoms with Crippen LogP contribution in [0.5, 0.6) is 0 Å². The van der Waals surface area contributed by atoms with E-state index in [1.807, 2.05) is 6.07 Å². The summed E-state index contributed by atoms with van der Waals surface area (Å²) in [5.41, 5.74) is 0. The topological polar surface area (TPSA) is 32.3 Å². The first-order valence-electron chi connectivity index (χ1n) is 6.90. The molecule has 2 aliphatic heterocycles. The summed E-state index contributed by atoms with van der Waals surface area (Å²) < 4.78 is 0. The van der Waals surface area contributed by atoms with E-state index >= 15 is 0 Å². The van der Waals surface area contributed by atoms with Crippen LogP contribution in [0.3, 0.4) is 0 Å². The highest BCUT2D eigenvalue weighted by Gasteiger charge is 2.37. The van der Waals surface area contributed by atoms with Gasteiger partial charge in [0.05, 0.1) is 4.88 Å². The van der Waals surface area contributed by atoms with E-state index < -0.39 is 0 Å². The highest BCUT2D eigenvalue weighted by molar-refractivity contribution is 7.14. The van der Waals surface area contributed by atoms with Crippen molar-refractivity contribution < 1.29 is 4.79 Å². The smallest absolute Gasteiger partial charge is 0.264 e. The van der Waals surface area contributed by atoms with E-state index in [1.165, 1.54) is 11.3 Å². The maximum absolute atomic E-state index is 12.6. The van der Waals surface area contributed by atoms with Crippen LogP contribution in [-0.4, -0.2) is 36.5 Å². The quantitative estimate of drug-likeness (QED) is 0.887. The van der Waals surface area contributed by atoms with Gasteiger partial charge in [-0.1, -0.05) is 6.92 Å². The number of hydrogen-bond acceptors (Lipinski definition) is 3. The van der Waals surface area contributed by atoms with Crippen LogP contribution in [0.1, 0.15) is 34.3 Å². The molecule has 18 heavy (non-hydrogen) atoms. The van der Waals surface area contributed by atoms with E-state index in [0.29, 0.717) is 12.0 Å². The van der Waals surface area contributed by atoms with Crippen LogP contribution in [0.4, 0.5) is 0 Å². The number of amides is 1. The number of thiophene rings is 1. The van der Waals surface area contributed by atoms with Gasteiger partial charge in [0.2, 0.25) is 0 Å². The Labute approximate surface area is 112 Å². The van der Waals surface area contributed by atoms with Crippen LogP contribution < -0.4 is 5.32 Å². The van der Waals surface area contributed by atoms with Gasteiger partial charge in [-0.15, -0.1) is 11.3 Å². The molecule has 2 fully saturated rings. The van der Waals surface area contributed by atoms with Crippen molar-refractivity contribution in [1.82, 2.24) is 10.2 Å². The molecule has 1 aromatic heterocycles. The van der Waals surface area contributed by atoms with Gasteiger partial charge in [-0.05, 0) is 37.3 Å². The van der Waals surface area contributed by atoms with Gasteiger partial charge >= 0.3 is 0 Å². The first-order valence-corrected chi connectivity index (χ1v) is 7.71. The summed E-state index contributed by atoms with van der Waals surface area (Å²) in [6.07, 6.45) is 3.44. The monoisotopic (exact) mass is 264 g/mol. The third-order valence-corrected chi connectivity index (χ3v) is 5.38. The molecular weight excluding hydrogens is 244 g/mol. The summed E-state index contributed by atoms with van der Waals surface area (Å²) >= 11 is 1.66. The summed E-state index contributed by atoms with van der Waals surface area (Å²) in [7, 11) is 0. The molecule has 3 nitrogen and oxygen atoms in total. The lowest BCUT2D eigenvalue weighted by Gasteiger charge is -2.36. The molecule has 98 valence electrons. The number of nitrogens with zero attached hydrogens (tertiary/aromatic N) is 1. The number of carbonyl (C=O) groups excluding carboxylic acids is 1. The van der Waals surface area contributed by atoms with Crippen LogP contribution in [0, 0.1) is 5.92 Å². The van der Waals surface area contributed by atoms with Crippen molar-refractivity contribution >= 4 is 17.2 Å². The predicted molar refractivity (Wildman–Crippen MR) is 74.1 cm³/mol. The third-order valence-electron chi connectivity index (χ3n) is 4.16. The molecule has 0 radical (unpaired) electrons. The number of hydrogen-bond donors (Lipinski definition) is 1. The van der Waals surface area contributed by atoms with Crippen molar-refractivity contribution in [3.63, 3.8) is 0 Å². The molecule has 3 rings (SSSR count). The zero-order valence-corrected chi connectivity index (χ0v) is 11.6. The molecule has 3 heterocycles. The van der Waals surface area contributed by atoms with Crippen molar-refractivity contribution in [1.29, 1.82) is 0 Å². The van der Waals surface area contributed by atoms with Crippen LogP contribution in [0.25, 0.3) is 0 Å². The number of rotatable bonds is 2. The molecule has 1 N–H and O–H groups in total. The van der Waals surface area contributed by atoms with Gasteiger partial charge < -0.3 is 10.2 Å². The number of nitrogens with one attached hydrogen (secondary N) is 1. The molecule has 0 aliphatic carbocycles. The second-order valence-electron chi connectivity index (χ2n) is 5.25. The normalized spacial score (nSPS) is 27.3. The van der Waals surface area contributed by atoms with Gasteiger partial charge in [-0.25, -0.2) is 0 Å². The van der Waals surface area contributed by atoms with Gasteiger partial charge in [-0.2, -0.15) is 0 Å². The number of carbonyl (C=O) groups is 1. The Balaban J connectivity index is 1.78. The van der Waals surface area contributed by atoms with Gasteiger partial charge in [0, 0.05) is 30.6 Å². The lowest BCUT2D eigenvalue weighted by molar-refractivity contribution is 0.0580. The number of piperidine rings is 1. The molecule has 2 atom stereocenters. The van der Waals surface area contributed by atoms with Crippen molar-refractivity contribution in [2.24, 2.45) is 5.92 Å². The molecule has 1 amide bonds. The summed E-state index contributed by atoms with van der Waals surface area (Å²) in [6.45, 7) is 5.13. The first-order chi connectivity index (χ1) is 8.79. The number of fused-ring (bicyclic) bond motifs is 1. The standard InChI is InChI=1S/C14H20N2OS/c1-2-11-5-6-13(18-11)14(17)16-7-3-4-10-8-15-9-12(10)16/h5-6,10,12,15H,2-4,7-9H2,1H3. The summed E-state index contributed by atoms with van der Waals surface area (Å²) in [6, 6.07) is 4.52. The number of likely N-dealkylation sites (tertiary alicyclic amines) is 1. The Kier molecular flexibility index (Phi) is 3.39. The van der Waals surface area contributed by atoms with E-state index in [2.05, 4.69) is 23.2 Å². The van der Waals surface area contributed by atoms with Crippen molar-refractivity contribution in [3.8, 4) is 0 Å². The molecular formula is C14H20N2OS. The van der Waals surface area contributed by atoms with Crippen LogP contribution >= 0.6 is 11.3 Å². The van der Waals surface area contributed by atoms with Gasteiger partial charge in [0.25, 0.3) is 5.91 Å². The Morgan fingerprint density at radius 3 is 3.17 bits per heavy atom. The minimum absolute atomic E-state index is 0.248. The summed E-state index contributed by atoms with van der Waals surface area (Å²) in [4.78, 5) is 16.9. The molecule has 0 bridgehead atoms. The predicted octanol–water partition coefficient (Wildman–Crippen LogP) is 2.13. The zero-order chi connectivity index (χ0) is 12.5. The molecule has 2 unspecified atom stereocenters. The number of aryl methyl sites for hydroxylation is 1. The molecule has 1 aromatic rings. The van der Waals surface area contributed by atoms with Gasteiger partial charge in [-0.3, -0.25) is 4.79 Å². The van der Waals surface area contributed by atoms with Crippen molar-refractivity contribution in [3.05, 3.63) is 21.9 Å². The average Bonchev–Trinajstić information content (AvgIpc) is 3.05. The van der Waals surface area contributed by atoms with E-state index in [9.17, 15) is 4.79 Å². The molecule has 4 heteroatoms. The van der Waals surface area contributed by atoms with Crippen LogP contribution in [0.15, 0.2) is 12.1 Å². The Bertz CT molecular complexity index is 443. The van der Waals surface area contributed by atoms with E-state index in [-0.39, 0.29) is 5.91 Å². The Hall–Kier alpha value is -0.870. The van der Waals surface area contributed by atoms with Crippen LogP contribution in [-0.2, 0) is 6.42 Å². The zero-order valence-electron chi connectivity index (χ0n) is 10.8. The maximum Gasteiger partial charge on any atom is 0.264 e. The highest BCUT2D eigenvalue weighted by atomic mass is 32.1. The maximum atomic E-state index is 12.6. The molecule has 2 saturated heterocycles. The lowest BCUT2D eigenvalue weighted by Crippen LogP contribution is -2.48. The fourth-order valence-corrected chi connectivity index (χ4v) is 4.05. The molecule has 2 aliphatic rings. The lowest BCUT2D eigenvalue weighted by atomic mass is 9.92. The largest absolute Gasteiger partial charge is 0.333 e. The fourth-order valence-electron chi connectivity index (χ4n) is 3.14. The van der Waals surface area contributed by atoms with E-state index in [4.69, 9.17) is 0 Å². The van der Waals surface area contributed by atoms with E-state index in [1.54, 1.807) is 11.3 Å². The Morgan fingerprint density at radius 2 is 2.39 bits per heavy atom. The van der Waals surface area contributed by atoms with Gasteiger partial charge in [0.15, 0.2) is 0 Å². The Morgan fingerprint density at radius 1 is 1.50 bits per heavy atom. The van der Waals surface area contributed by atoms with Crippen molar-refractivity contribution in [2.45, 2.75) is 32.2 Å². The van der Waals surface area contributed by atoms with E-state index in [0.717, 1.165) is 37.4 Å². The molecule has 0 spiro atoms. The first kappa shape index (κ1) is 12.2. The van der Waals surface area contributed by atoms with Crippen LogP contribution in [0.2, 0.25) is 0 Å². The summed E-state index contributed by atoms with van der Waals surface area (Å²) in [5, 5.41) is 3.43. The minimum Gasteiger partial charge on any atom is -0.333 e. The highest BCUT2D eigenvalue weighted by Crippen LogP contribution is 2.29. The van der Waals surface area contributed by atoms with Gasteiger partial charge in [0.1, 0.15) is 0 Å². The van der Waals surface area contributed by atoms with Crippen molar-refractivity contribution in [2.75, 3.05) is 19.6 Å². The average molecular weight is 264 g/mol. The third kappa shape index (κ3) is 2.08. The second-order valence-corrected chi connectivity index (χ2v) is 6.41. The fraction of sp³-hybridized carbons (Fsp3) is 0.643. The second kappa shape index (κ2) is 5.02. The SMILES string of the molecule is CCc1ccc(C(=O)N2CCCC3CNCC32)s1. The molecule has 0 saturated carbocycles. The summed E-state index contributed by atoms with van der Waals surface area (Å²) in [5.74, 6) is 0.923.